The van der Waals surface area contributed by atoms with Crippen LogP contribution in [0.3, 0.4) is 0 Å². The van der Waals surface area contributed by atoms with E-state index in [9.17, 15) is 14.9 Å². The molecule has 10 nitrogen and oxygen atoms in total. The highest BCUT2D eigenvalue weighted by Crippen LogP contribution is 2.40. The monoisotopic (exact) mass is 560 g/mol. The number of ether oxygens (including phenoxy) is 2. The number of nitro groups is 1. The van der Waals surface area contributed by atoms with Crippen LogP contribution in [0.1, 0.15) is 38.3 Å². The summed E-state index contributed by atoms with van der Waals surface area (Å²) in [5.74, 6) is -1.32. The van der Waals surface area contributed by atoms with Gasteiger partial charge in [-0.1, -0.05) is 77.4 Å². The van der Waals surface area contributed by atoms with E-state index in [0.717, 1.165) is 17.2 Å². The SMILES string of the molecule is Cc1cc(C)c(/C(N)=N/OC(=O)c2cc(OCc3ccccc3)c(OCc3ccccc3)c([N+](=O)[O-])c2)c(Cl)n1. The Hall–Kier alpha value is -4.96. The van der Waals surface area contributed by atoms with Crippen molar-refractivity contribution in [3.8, 4) is 11.5 Å². The third-order valence-corrected chi connectivity index (χ3v) is 5.99. The summed E-state index contributed by atoms with van der Waals surface area (Å²) in [6, 6.07) is 22.4. The molecule has 11 heteroatoms. The maximum Gasteiger partial charge on any atom is 0.366 e. The quantitative estimate of drug-likeness (QED) is 0.0632. The van der Waals surface area contributed by atoms with E-state index in [2.05, 4.69) is 10.1 Å². The molecule has 2 N–H and O–H groups in total. The van der Waals surface area contributed by atoms with E-state index in [1.54, 1.807) is 19.9 Å². The van der Waals surface area contributed by atoms with Crippen LogP contribution in [0, 0.1) is 24.0 Å². The van der Waals surface area contributed by atoms with Crippen LogP contribution in [0.5, 0.6) is 11.5 Å². The fraction of sp³-hybridized carbons (Fsp3) is 0.138. The maximum atomic E-state index is 12.9. The molecule has 0 fully saturated rings. The Morgan fingerprint density at radius 3 is 2.15 bits per heavy atom. The summed E-state index contributed by atoms with van der Waals surface area (Å²) >= 11 is 6.20. The first-order valence-corrected chi connectivity index (χ1v) is 12.5. The van der Waals surface area contributed by atoms with Crippen LogP contribution in [-0.4, -0.2) is 21.7 Å². The summed E-state index contributed by atoms with van der Waals surface area (Å²) in [4.78, 5) is 33.5. The first-order chi connectivity index (χ1) is 19.2. The van der Waals surface area contributed by atoms with E-state index in [-0.39, 0.29) is 41.3 Å². The molecule has 1 aromatic heterocycles. The number of nitrogens with two attached hydrogens (primary N) is 1. The zero-order chi connectivity index (χ0) is 28.6. The summed E-state index contributed by atoms with van der Waals surface area (Å²) in [6.45, 7) is 3.64. The lowest BCUT2D eigenvalue weighted by atomic mass is 10.1. The summed E-state index contributed by atoms with van der Waals surface area (Å²) in [5, 5.41) is 15.8. The predicted octanol–water partition coefficient (Wildman–Crippen LogP) is 5.90. The number of hydrogen-bond donors (Lipinski definition) is 1. The lowest BCUT2D eigenvalue weighted by Gasteiger charge is -2.14. The van der Waals surface area contributed by atoms with Crippen LogP contribution in [0.2, 0.25) is 5.15 Å². The van der Waals surface area contributed by atoms with Gasteiger partial charge >= 0.3 is 11.7 Å². The lowest BCUT2D eigenvalue weighted by molar-refractivity contribution is -0.386. The lowest BCUT2D eigenvalue weighted by Crippen LogP contribution is -2.18. The molecular formula is C29H25ClN4O6. The molecule has 0 aliphatic rings. The first kappa shape index (κ1) is 28.1. The van der Waals surface area contributed by atoms with Gasteiger partial charge in [0.2, 0.25) is 5.75 Å². The zero-order valence-corrected chi connectivity index (χ0v) is 22.4. The average molecular weight is 561 g/mol. The van der Waals surface area contributed by atoms with E-state index in [1.807, 2.05) is 60.7 Å². The average Bonchev–Trinajstić information content (AvgIpc) is 2.94. The second-order valence-corrected chi connectivity index (χ2v) is 9.09. The second kappa shape index (κ2) is 12.7. The Kier molecular flexibility index (Phi) is 8.93. The van der Waals surface area contributed by atoms with Gasteiger partial charge < -0.3 is 20.0 Å². The van der Waals surface area contributed by atoms with Gasteiger partial charge in [-0.05, 0) is 42.7 Å². The van der Waals surface area contributed by atoms with Crippen LogP contribution in [0.4, 0.5) is 5.69 Å². The van der Waals surface area contributed by atoms with E-state index in [4.69, 9.17) is 31.6 Å². The normalized spacial score (nSPS) is 11.1. The van der Waals surface area contributed by atoms with Gasteiger partial charge in [0.25, 0.3) is 0 Å². The van der Waals surface area contributed by atoms with Gasteiger partial charge in [-0.15, -0.1) is 0 Å². The number of amidine groups is 1. The van der Waals surface area contributed by atoms with Crippen molar-refractivity contribution in [3.05, 3.63) is 128 Å². The summed E-state index contributed by atoms with van der Waals surface area (Å²) in [5.41, 5.74) is 8.61. The van der Waals surface area contributed by atoms with Crippen molar-refractivity contribution in [3.63, 3.8) is 0 Å². The molecule has 0 saturated carbocycles. The molecule has 0 radical (unpaired) electrons. The number of aromatic nitrogens is 1. The molecule has 0 amide bonds. The van der Waals surface area contributed by atoms with Crippen LogP contribution in [0.15, 0.2) is 84.0 Å². The number of carbonyl (C=O) groups excluding carboxylic acids is 1. The molecule has 0 aliphatic carbocycles. The van der Waals surface area contributed by atoms with Gasteiger partial charge in [0.1, 0.15) is 18.4 Å². The third kappa shape index (κ3) is 6.91. The van der Waals surface area contributed by atoms with Gasteiger partial charge in [-0.3, -0.25) is 10.1 Å². The summed E-state index contributed by atoms with van der Waals surface area (Å²) in [6.07, 6.45) is 0. The fourth-order valence-corrected chi connectivity index (χ4v) is 4.23. The Bertz CT molecular complexity index is 1540. The van der Waals surface area contributed by atoms with E-state index >= 15 is 0 Å². The van der Waals surface area contributed by atoms with Crippen molar-refractivity contribution >= 4 is 29.1 Å². The number of nitro benzene ring substituents is 1. The van der Waals surface area contributed by atoms with Gasteiger partial charge in [0.05, 0.1) is 16.1 Å². The molecule has 0 saturated heterocycles. The molecule has 3 aromatic carbocycles. The number of hydrogen-bond acceptors (Lipinski definition) is 8. The van der Waals surface area contributed by atoms with E-state index in [1.165, 1.54) is 6.07 Å². The molecule has 204 valence electrons. The number of carbonyl (C=O) groups is 1. The molecule has 0 spiro atoms. The minimum Gasteiger partial charge on any atom is -0.485 e. The second-order valence-electron chi connectivity index (χ2n) is 8.73. The zero-order valence-electron chi connectivity index (χ0n) is 21.7. The Morgan fingerprint density at radius 1 is 0.975 bits per heavy atom. The minimum absolute atomic E-state index is 0.0143. The van der Waals surface area contributed by atoms with E-state index < -0.39 is 16.6 Å². The Morgan fingerprint density at radius 2 is 1.57 bits per heavy atom. The molecule has 0 atom stereocenters. The van der Waals surface area contributed by atoms with Gasteiger partial charge in [-0.2, -0.15) is 0 Å². The molecular weight excluding hydrogens is 536 g/mol. The molecule has 0 bridgehead atoms. The molecule has 40 heavy (non-hydrogen) atoms. The number of oxime groups is 1. The Labute approximate surface area is 235 Å². The highest BCUT2D eigenvalue weighted by Gasteiger charge is 2.26. The van der Waals surface area contributed by atoms with Gasteiger partial charge in [0.15, 0.2) is 11.6 Å². The number of pyridine rings is 1. The third-order valence-electron chi connectivity index (χ3n) is 5.71. The van der Waals surface area contributed by atoms with Gasteiger partial charge in [0, 0.05) is 11.8 Å². The van der Waals surface area contributed by atoms with E-state index in [0.29, 0.717) is 16.8 Å². The number of benzene rings is 3. The van der Waals surface area contributed by atoms with Crippen LogP contribution in [-0.2, 0) is 18.1 Å². The maximum absolute atomic E-state index is 12.9. The van der Waals surface area contributed by atoms with Crippen molar-refractivity contribution < 1.29 is 24.0 Å². The smallest absolute Gasteiger partial charge is 0.366 e. The molecule has 0 unspecified atom stereocenters. The van der Waals surface area contributed by atoms with Crippen LogP contribution in [0.25, 0.3) is 0 Å². The van der Waals surface area contributed by atoms with Gasteiger partial charge in [-0.25, -0.2) is 9.78 Å². The standard InChI is InChI=1S/C29H25ClN4O6/c1-18-13-19(2)32-27(30)25(18)28(31)33-40-29(35)22-14-23(34(36)37)26(39-17-21-11-7-4-8-12-21)24(15-22)38-16-20-9-5-3-6-10-20/h3-15H,16-17H2,1-2H3,(H2,31,33). The summed E-state index contributed by atoms with van der Waals surface area (Å²) < 4.78 is 11.8. The number of aryl methyl sites for hydroxylation is 2. The van der Waals surface area contributed by atoms with Crippen LogP contribution < -0.4 is 15.2 Å². The topological polar surface area (TPSA) is 139 Å². The summed E-state index contributed by atoms with van der Waals surface area (Å²) in [7, 11) is 0. The predicted molar refractivity (Wildman–Crippen MR) is 150 cm³/mol. The highest BCUT2D eigenvalue weighted by atomic mass is 35.5. The van der Waals surface area contributed by atoms with Crippen LogP contribution >= 0.6 is 11.6 Å². The number of nitrogens with zero attached hydrogens (tertiary/aromatic N) is 3. The minimum atomic E-state index is -1.00. The molecule has 4 aromatic rings. The number of rotatable bonds is 10. The molecule has 1 heterocycles. The van der Waals surface area contributed by atoms with Crippen molar-refractivity contribution in [2.45, 2.75) is 27.1 Å². The molecule has 4 rings (SSSR count). The van der Waals surface area contributed by atoms with Crippen molar-refractivity contribution in [2.75, 3.05) is 0 Å². The fourth-order valence-electron chi connectivity index (χ4n) is 3.85. The molecule has 0 aliphatic heterocycles. The van der Waals surface area contributed by atoms with Crippen molar-refractivity contribution in [1.29, 1.82) is 0 Å². The number of halogens is 1. The van der Waals surface area contributed by atoms with Crippen molar-refractivity contribution in [2.24, 2.45) is 10.9 Å². The largest absolute Gasteiger partial charge is 0.485 e. The Balaban J connectivity index is 1.66. The first-order valence-electron chi connectivity index (χ1n) is 12.1. The van der Waals surface area contributed by atoms with Crippen molar-refractivity contribution in [1.82, 2.24) is 4.98 Å². The highest BCUT2D eigenvalue weighted by molar-refractivity contribution is 6.33.